The molecule has 2 atom stereocenters. The van der Waals surface area contributed by atoms with Crippen LogP contribution in [0.3, 0.4) is 0 Å². The first-order valence-electron chi connectivity index (χ1n) is 10.9. The minimum absolute atomic E-state index is 0.0453. The Labute approximate surface area is 211 Å². The number of nitrogens with zero attached hydrogens (tertiary/aromatic N) is 1. The quantitative estimate of drug-likeness (QED) is 0.355. The van der Waals surface area contributed by atoms with Gasteiger partial charge in [-0.05, 0) is 60.9 Å². The molecule has 0 spiro atoms. The maximum absolute atomic E-state index is 14.2. The Balaban J connectivity index is 1.65. The largest absolute Gasteiger partial charge is 0.506 e. The van der Waals surface area contributed by atoms with Crippen molar-refractivity contribution < 1.29 is 36.6 Å². The van der Waals surface area contributed by atoms with Gasteiger partial charge in [-0.2, -0.15) is 4.76 Å². The van der Waals surface area contributed by atoms with Gasteiger partial charge in [0, 0.05) is 11.3 Å². The first kappa shape index (κ1) is 24.9. The third-order valence-electron chi connectivity index (χ3n) is 6.27. The number of ketones is 1. The van der Waals surface area contributed by atoms with Gasteiger partial charge in [0.05, 0.1) is 35.2 Å². The Hall–Kier alpha value is -3.73. The van der Waals surface area contributed by atoms with Crippen LogP contribution in [0.15, 0.2) is 69.7 Å². The molecule has 0 saturated carbocycles. The highest BCUT2D eigenvalue weighted by molar-refractivity contribution is 7.92. The van der Waals surface area contributed by atoms with E-state index in [1.54, 1.807) is 13.0 Å². The molecule has 0 bridgehead atoms. The van der Waals surface area contributed by atoms with Crippen molar-refractivity contribution in [3.05, 3.63) is 83.1 Å². The summed E-state index contributed by atoms with van der Waals surface area (Å²) < 4.78 is 61.8. The van der Waals surface area contributed by atoms with Crippen LogP contribution >= 0.6 is 7.52 Å². The van der Waals surface area contributed by atoms with E-state index in [9.17, 15) is 32.2 Å². The Morgan fingerprint density at radius 2 is 1.97 bits per heavy atom. The lowest BCUT2D eigenvalue weighted by atomic mass is 9.66. The van der Waals surface area contributed by atoms with E-state index in [0.717, 1.165) is 18.4 Å². The summed E-state index contributed by atoms with van der Waals surface area (Å²) in [5, 5.41) is 13.7. The molecule has 1 aliphatic heterocycles. The Morgan fingerprint density at radius 1 is 1.22 bits per heavy atom. The van der Waals surface area contributed by atoms with E-state index in [2.05, 4.69) is 14.8 Å². The number of benzene rings is 2. The van der Waals surface area contributed by atoms with Crippen LogP contribution in [0.2, 0.25) is 0 Å². The van der Waals surface area contributed by atoms with E-state index < -0.39 is 40.3 Å². The second kappa shape index (κ2) is 8.41. The number of aliphatic hydroxyl groups is 1. The summed E-state index contributed by atoms with van der Waals surface area (Å²) >= 11 is 0. The fourth-order valence-electron chi connectivity index (χ4n) is 4.64. The standard InChI is InChI=1S/C24H21FN3O7PS/c1-24(11-13-7-8-35-12-13)17-5-3-14(25)9-16(17)21(29)20(22(24)30)23-26-18-6-4-15(28-37(2,33)34)10-19(18)36(31,32)27-23/h3-10,12,28-29H,11H2,1-2H3,(H2,26,27,31,32). The molecule has 37 heavy (non-hydrogen) atoms. The fraction of sp³-hybridized carbons (Fsp3) is 0.167. The summed E-state index contributed by atoms with van der Waals surface area (Å²) in [5.41, 5.74) is -0.440. The minimum atomic E-state index is -4.53. The van der Waals surface area contributed by atoms with Crippen LogP contribution in [0.5, 0.6) is 0 Å². The van der Waals surface area contributed by atoms with E-state index in [1.807, 2.05) is 0 Å². The van der Waals surface area contributed by atoms with Crippen molar-refractivity contribution in [1.82, 2.24) is 0 Å². The summed E-state index contributed by atoms with van der Waals surface area (Å²) in [6.07, 6.45) is 3.99. The smallest absolute Gasteiger partial charge is 0.346 e. The molecule has 5 rings (SSSR count). The maximum atomic E-state index is 14.2. The summed E-state index contributed by atoms with van der Waals surface area (Å²) in [4.78, 5) is 24.7. The van der Waals surface area contributed by atoms with Crippen molar-refractivity contribution in [2.24, 2.45) is 4.76 Å². The predicted molar refractivity (Wildman–Crippen MR) is 136 cm³/mol. The number of Topliss-reactive ketones (excluding diaryl/α,β-unsaturated/α-hetero) is 1. The molecule has 0 amide bonds. The Kier molecular flexibility index (Phi) is 5.67. The van der Waals surface area contributed by atoms with Crippen LogP contribution in [-0.2, 0) is 31.2 Å². The van der Waals surface area contributed by atoms with E-state index in [4.69, 9.17) is 4.42 Å². The van der Waals surface area contributed by atoms with Crippen molar-refractivity contribution in [1.29, 1.82) is 0 Å². The number of furan rings is 1. The molecule has 2 aromatic carbocycles. The van der Waals surface area contributed by atoms with Crippen molar-refractivity contribution in [2.45, 2.75) is 18.8 Å². The van der Waals surface area contributed by atoms with Crippen LogP contribution in [0.25, 0.3) is 5.76 Å². The van der Waals surface area contributed by atoms with Crippen molar-refractivity contribution >= 4 is 51.6 Å². The second-order valence-corrected chi connectivity index (χ2v) is 12.6. The lowest BCUT2D eigenvalue weighted by Crippen LogP contribution is -2.43. The predicted octanol–water partition coefficient (Wildman–Crippen LogP) is 3.48. The molecule has 0 fully saturated rings. The van der Waals surface area contributed by atoms with Gasteiger partial charge in [0.1, 0.15) is 23.0 Å². The van der Waals surface area contributed by atoms with Crippen LogP contribution in [0.1, 0.15) is 23.6 Å². The average molecular weight is 545 g/mol. The van der Waals surface area contributed by atoms with Gasteiger partial charge in [-0.25, -0.2) is 12.8 Å². The molecule has 3 aromatic rings. The van der Waals surface area contributed by atoms with Gasteiger partial charge >= 0.3 is 7.52 Å². The molecule has 13 heteroatoms. The molecule has 2 heterocycles. The number of carbonyl (C=O) groups excluding carboxylic acids is 1. The third-order valence-corrected chi connectivity index (χ3v) is 8.35. The number of carbonyl (C=O) groups is 1. The number of fused-ring (bicyclic) bond motifs is 2. The number of hydrogen-bond donors (Lipinski definition) is 4. The zero-order valence-corrected chi connectivity index (χ0v) is 21.2. The molecule has 1 aromatic heterocycles. The highest BCUT2D eigenvalue weighted by Crippen LogP contribution is 2.49. The number of hydrogen-bond acceptors (Lipinski definition) is 7. The van der Waals surface area contributed by atoms with E-state index in [1.165, 1.54) is 36.8 Å². The zero-order chi connectivity index (χ0) is 26.8. The van der Waals surface area contributed by atoms with Crippen LogP contribution < -0.4 is 15.3 Å². The minimum Gasteiger partial charge on any atom is -0.506 e. The van der Waals surface area contributed by atoms with E-state index in [0.29, 0.717) is 11.1 Å². The number of aliphatic hydroxyl groups excluding tert-OH is 1. The average Bonchev–Trinajstić information content (AvgIpc) is 3.30. The molecule has 192 valence electrons. The number of nitrogens with one attached hydrogen (secondary N) is 2. The number of amidine groups is 1. The highest BCUT2D eigenvalue weighted by atomic mass is 32.2. The molecule has 0 saturated heterocycles. The fourth-order valence-corrected chi connectivity index (χ4v) is 6.48. The number of anilines is 2. The lowest BCUT2D eigenvalue weighted by Gasteiger charge is -2.36. The molecule has 10 nitrogen and oxygen atoms in total. The molecule has 0 radical (unpaired) electrons. The number of rotatable bonds is 5. The highest BCUT2D eigenvalue weighted by Gasteiger charge is 2.47. The monoisotopic (exact) mass is 545 g/mol. The van der Waals surface area contributed by atoms with Gasteiger partial charge in [-0.3, -0.25) is 14.1 Å². The lowest BCUT2D eigenvalue weighted by molar-refractivity contribution is -0.120. The van der Waals surface area contributed by atoms with Gasteiger partial charge in [0.2, 0.25) is 10.0 Å². The molecule has 1 aliphatic carbocycles. The maximum Gasteiger partial charge on any atom is 0.346 e. The van der Waals surface area contributed by atoms with Gasteiger partial charge < -0.3 is 19.7 Å². The van der Waals surface area contributed by atoms with Gasteiger partial charge in [-0.15, -0.1) is 0 Å². The number of sulfonamides is 1. The van der Waals surface area contributed by atoms with Gasteiger partial charge in [0.15, 0.2) is 5.78 Å². The van der Waals surface area contributed by atoms with Crippen molar-refractivity contribution in [2.75, 3.05) is 16.3 Å². The van der Waals surface area contributed by atoms with Crippen LogP contribution in [0.4, 0.5) is 15.8 Å². The molecule has 2 unspecified atom stereocenters. The topological polar surface area (TPSA) is 158 Å². The molecular weight excluding hydrogens is 524 g/mol. The Bertz CT molecular complexity index is 1680. The van der Waals surface area contributed by atoms with Crippen molar-refractivity contribution in [3.8, 4) is 0 Å². The summed E-state index contributed by atoms with van der Waals surface area (Å²) in [6.45, 7) is 1.63. The normalized spacial score (nSPS) is 23.1. The third kappa shape index (κ3) is 4.37. The Morgan fingerprint density at radius 3 is 2.65 bits per heavy atom. The molecule has 2 aliphatic rings. The van der Waals surface area contributed by atoms with Crippen molar-refractivity contribution in [3.63, 3.8) is 0 Å². The number of halogens is 1. The summed E-state index contributed by atoms with van der Waals surface area (Å²) in [5.74, 6) is -2.20. The summed E-state index contributed by atoms with van der Waals surface area (Å²) in [6, 6.07) is 9.25. The van der Waals surface area contributed by atoms with Crippen LogP contribution in [0, 0.1) is 5.82 Å². The first-order chi connectivity index (χ1) is 17.3. The van der Waals surface area contributed by atoms with Gasteiger partial charge in [-0.1, -0.05) is 6.07 Å². The van der Waals surface area contributed by atoms with E-state index >= 15 is 0 Å². The molecular formula is C24H21FN3O7PS. The molecule has 4 N–H and O–H groups in total. The van der Waals surface area contributed by atoms with Crippen LogP contribution in [-0.4, -0.2) is 36.3 Å². The van der Waals surface area contributed by atoms with E-state index in [-0.39, 0.29) is 40.1 Å². The zero-order valence-electron chi connectivity index (χ0n) is 19.5. The first-order valence-corrected chi connectivity index (χ1v) is 14.4. The van der Waals surface area contributed by atoms with Gasteiger partial charge in [0.25, 0.3) is 0 Å². The summed E-state index contributed by atoms with van der Waals surface area (Å²) in [7, 11) is -8.18. The SMILES string of the molecule is CC1(Cc2ccoc2)C(=O)C(C2=NP(=O)(O)c3cc(NS(C)(=O)=O)ccc3N2)=C(O)c2cc(F)ccc21. The second-order valence-electron chi connectivity index (χ2n) is 9.11.